The first kappa shape index (κ1) is 15.0. The maximum Gasteiger partial charge on any atom is 0.143 e. The first-order valence-electron chi connectivity index (χ1n) is 19.8. The summed E-state index contributed by atoms with van der Waals surface area (Å²) >= 11 is 0. The number of para-hydroxylation sites is 2. The third-order valence-corrected chi connectivity index (χ3v) is 8.09. The molecule has 0 saturated heterocycles. The van der Waals surface area contributed by atoms with E-state index in [9.17, 15) is 4.11 Å². The summed E-state index contributed by atoms with van der Waals surface area (Å²) < 4.78 is 112. The smallest absolute Gasteiger partial charge is 0.143 e. The second kappa shape index (κ2) is 9.44. The van der Waals surface area contributed by atoms with Gasteiger partial charge in [-0.1, -0.05) is 151 Å². The molecule has 0 spiro atoms. The standard InChI is InChI=1S/C42H26O/c1-2-13-27(14-3-1)40-32-18-6-8-20-34(32)41(35-21-9-7-19-33(35)40)36-26-25-30(28-15-4-5-16-29(28)36)37-22-12-23-38-31-17-10-11-24-39(31)43-42(37)38/h1-26H/i1D,2D,3D,6D,7D,8D,9D,13D,14D,18D,20D,21D. The van der Waals surface area contributed by atoms with Gasteiger partial charge in [-0.05, 0) is 66.2 Å². The molecule has 1 heteroatoms. The number of fused-ring (bicyclic) bond motifs is 6. The molecular weight excluding hydrogens is 520 g/mol. The molecule has 9 rings (SSSR count). The van der Waals surface area contributed by atoms with Crippen LogP contribution in [0.1, 0.15) is 16.4 Å². The van der Waals surface area contributed by atoms with Gasteiger partial charge in [-0.3, -0.25) is 0 Å². The van der Waals surface area contributed by atoms with Crippen LogP contribution in [-0.2, 0) is 0 Å². The molecule has 43 heavy (non-hydrogen) atoms. The van der Waals surface area contributed by atoms with Crippen molar-refractivity contribution in [2.75, 3.05) is 0 Å². The molecule has 9 aromatic rings. The molecule has 1 heterocycles. The van der Waals surface area contributed by atoms with Gasteiger partial charge in [0.25, 0.3) is 0 Å². The molecule has 0 aliphatic carbocycles. The van der Waals surface area contributed by atoms with Crippen molar-refractivity contribution in [3.8, 4) is 33.4 Å². The minimum absolute atomic E-state index is 0.0391. The fraction of sp³-hybridized carbons (Fsp3) is 0. The van der Waals surface area contributed by atoms with Crippen LogP contribution in [0, 0.1) is 0 Å². The Morgan fingerprint density at radius 2 is 0.977 bits per heavy atom. The van der Waals surface area contributed by atoms with Crippen molar-refractivity contribution in [2.24, 2.45) is 0 Å². The maximum absolute atomic E-state index is 9.32. The van der Waals surface area contributed by atoms with Gasteiger partial charge in [0.1, 0.15) is 11.2 Å². The number of rotatable bonds is 3. The Bertz CT molecular complexity index is 3160. The number of hydrogen-bond acceptors (Lipinski definition) is 1. The van der Waals surface area contributed by atoms with E-state index in [0.717, 1.165) is 32.9 Å². The lowest BCUT2D eigenvalue weighted by molar-refractivity contribution is 0.670. The quantitative estimate of drug-likeness (QED) is 0.197. The van der Waals surface area contributed by atoms with Crippen LogP contribution in [0.2, 0.25) is 0 Å². The Labute approximate surface area is 266 Å². The van der Waals surface area contributed by atoms with E-state index in [4.69, 9.17) is 16.8 Å². The Morgan fingerprint density at radius 1 is 0.372 bits per heavy atom. The molecule has 0 saturated carbocycles. The molecule has 1 nitrogen and oxygen atoms in total. The molecule has 0 fully saturated rings. The van der Waals surface area contributed by atoms with Gasteiger partial charge in [-0.2, -0.15) is 0 Å². The van der Waals surface area contributed by atoms with Gasteiger partial charge < -0.3 is 4.42 Å². The van der Waals surface area contributed by atoms with Crippen molar-refractivity contribution in [3.05, 3.63) is 157 Å². The zero-order chi connectivity index (χ0) is 38.8. The highest BCUT2D eigenvalue weighted by atomic mass is 16.3. The predicted octanol–water partition coefficient (Wildman–Crippen LogP) is 12.0. The molecule has 1 aromatic heterocycles. The minimum Gasteiger partial charge on any atom is -0.455 e. The van der Waals surface area contributed by atoms with Gasteiger partial charge in [-0.25, -0.2) is 0 Å². The van der Waals surface area contributed by atoms with Crippen LogP contribution in [0.25, 0.3) is 87.6 Å². The van der Waals surface area contributed by atoms with Gasteiger partial charge in [-0.15, -0.1) is 0 Å². The average molecular weight is 559 g/mol. The molecule has 0 amide bonds. The highest BCUT2D eigenvalue weighted by molar-refractivity contribution is 6.24. The first-order valence-corrected chi connectivity index (χ1v) is 13.8. The minimum atomic E-state index is -0.655. The molecule has 8 aromatic carbocycles. The molecule has 0 radical (unpaired) electrons. The van der Waals surface area contributed by atoms with E-state index in [1.165, 1.54) is 6.07 Å². The largest absolute Gasteiger partial charge is 0.455 e. The highest BCUT2D eigenvalue weighted by Crippen LogP contribution is 2.47. The summed E-state index contributed by atoms with van der Waals surface area (Å²) in [5.74, 6) is 0. The topological polar surface area (TPSA) is 13.1 Å². The van der Waals surface area contributed by atoms with E-state index < -0.39 is 66.5 Å². The van der Waals surface area contributed by atoms with Crippen LogP contribution >= 0.6 is 0 Å². The average Bonchev–Trinajstić information content (AvgIpc) is 3.58. The molecule has 0 N–H and O–H groups in total. The zero-order valence-electron chi connectivity index (χ0n) is 34.5. The molecule has 0 aliphatic heterocycles. The fourth-order valence-corrected chi connectivity index (χ4v) is 6.30. The molecule has 0 atom stereocenters. The maximum atomic E-state index is 9.32. The molecule has 200 valence electrons. The lowest BCUT2D eigenvalue weighted by Crippen LogP contribution is -1.92. The van der Waals surface area contributed by atoms with Crippen molar-refractivity contribution < 1.29 is 20.9 Å². The zero-order valence-corrected chi connectivity index (χ0v) is 22.5. The lowest BCUT2D eigenvalue weighted by Gasteiger charge is -2.19. The van der Waals surface area contributed by atoms with Crippen molar-refractivity contribution in [1.82, 2.24) is 0 Å². The van der Waals surface area contributed by atoms with E-state index in [0.29, 0.717) is 16.5 Å². The Balaban J connectivity index is 1.50. The normalized spacial score (nSPS) is 15.6. The Hall–Kier alpha value is -5.66. The lowest BCUT2D eigenvalue weighted by atomic mass is 9.84. The van der Waals surface area contributed by atoms with Crippen molar-refractivity contribution in [2.45, 2.75) is 0 Å². The number of furan rings is 1. The van der Waals surface area contributed by atoms with Crippen LogP contribution in [0.5, 0.6) is 0 Å². The number of hydrogen-bond donors (Lipinski definition) is 0. The van der Waals surface area contributed by atoms with E-state index in [2.05, 4.69) is 0 Å². The highest BCUT2D eigenvalue weighted by Gasteiger charge is 2.20. The van der Waals surface area contributed by atoms with Gasteiger partial charge >= 0.3 is 0 Å². The third-order valence-electron chi connectivity index (χ3n) is 8.09. The third kappa shape index (κ3) is 3.58. The second-order valence-corrected chi connectivity index (χ2v) is 10.3. The van der Waals surface area contributed by atoms with Gasteiger partial charge in [0, 0.05) is 16.3 Å². The Morgan fingerprint density at radius 3 is 1.79 bits per heavy atom. The predicted molar refractivity (Wildman–Crippen MR) is 183 cm³/mol. The summed E-state index contributed by atoms with van der Waals surface area (Å²) in [5.41, 5.74) is 3.23. The number of benzene rings is 8. The summed E-state index contributed by atoms with van der Waals surface area (Å²) in [4.78, 5) is 0. The van der Waals surface area contributed by atoms with E-state index in [1.807, 2.05) is 72.8 Å². The summed E-state index contributed by atoms with van der Waals surface area (Å²) in [5, 5.41) is 3.21. The monoisotopic (exact) mass is 558 g/mol. The van der Waals surface area contributed by atoms with E-state index in [1.54, 1.807) is 6.07 Å². The van der Waals surface area contributed by atoms with Crippen molar-refractivity contribution in [3.63, 3.8) is 0 Å². The summed E-state index contributed by atoms with van der Waals surface area (Å²) in [6.07, 6.45) is 0. The van der Waals surface area contributed by atoms with E-state index >= 15 is 0 Å². The molecule has 0 unspecified atom stereocenters. The van der Waals surface area contributed by atoms with Gasteiger partial charge in [0.2, 0.25) is 0 Å². The second-order valence-electron chi connectivity index (χ2n) is 10.3. The van der Waals surface area contributed by atoms with Crippen LogP contribution in [0.3, 0.4) is 0 Å². The summed E-state index contributed by atoms with van der Waals surface area (Å²) in [7, 11) is 0. The Kier molecular flexibility index (Phi) is 3.29. The van der Waals surface area contributed by atoms with E-state index in [-0.39, 0.29) is 44.3 Å². The van der Waals surface area contributed by atoms with Crippen LogP contribution in [-0.4, -0.2) is 0 Å². The summed E-state index contributed by atoms with van der Waals surface area (Å²) in [6, 6.07) is 19.6. The van der Waals surface area contributed by atoms with Crippen LogP contribution < -0.4 is 0 Å². The van der Waals surface area contributed by atoms with Crippen LogP contribution in [0.4, 0.5) is 0 Å². The molecular formula is C42H26O. The SMILES string of the molecule is [2H]c1cc2c(-c3c([2H])c([2H])c([2H])c([2H])c3[2H])c3c([2H])c([2H])c([2H])c([2H])c3c(-c3ccc(-c4cccc5c4oc4ccccc45)c4ccccc34)c2c([2H])c1[2H]. The summed E-state index contributed by atoms with van der Waals surface area (Å²) in [6.45, 7) is 0. The first-order chi connectivity index (χ1) is 26.3. The van der Waals surface area contributed by atoms with Crippen LogP contribution in [0.15, 0.2) is 162 Å². The molecule has 0 bridgehead atoms. The van der Waals surface area contributed by atoms with Gasteiger partial charge in [0.05, 0.1) is 16.4 Å². The van der Waals surface area contributed by atoms with Crippen molar-refractivity contribution >= 4 is 54.3 Å². The van der Waals surface area contributed by atoms with Gasteiger partial charge in [0.15, 0.2) is 0 Å². The van der Waals surface area contributed by atoms with Crippen molar-refractivity contribution in [1.29, 1.82) is 0 Å². The fourth-order valence-electron chi connectivity index (χ4n) is 6.30. The molecule has 0 aliphatic rings.